The first-order valence-electron chi connectivity index (χ1n) is 3.20. The van der Waals surface area contributed by atoms with Crippen molar-refractivity contribution in [2.45, 2.75) is 0 Å². The first-order valence-corrected chi connectivity index (χ1v) is 3.20. The first kappa shape index (κ1) is 6.22. The molecule has 0 bridgehead atoms. The SMILES string of the molecule is N=C1N=Cc2cccc(F)c21. The van der Waals surface area contributed by atoms with E-state index in [4.69, 9.17) is 5.41 Å². The van der Waals surface area contributed by atoms with Gasteiger partial charge in [-0.2, -0.15) is 0 Å². The molecule has 0 atom stereocenters. The lowest BCUT2D eigenvalue weighted by atomic mass is 10.1. The zero-order chi connectivity index (χ0) is 7.84. The first-order chi connectivity index (χ1) is 5.29. The maximum atomic E-state index is 12.9. The topological polar surface area (TPSA) is 36.2 Å². The Morgan fingerprint density at radius 2 is 2.18 bits per heavy atom. The number of nitrogens with one attached hydrogen (secondary N) is 1. The third-order valence-corrected chi connectivity index (χ3v) is 1.62. The summed E-state index contributed by atoms with van der Waals surface area (Å²) in [6.07, 6.45) is 1.50. The fraction of sp³-hybridized carbons (Fsp3) is 0. The molecule has 3 heteroatoms. The molecule has 1 heterocycles. The summed E-state index contributed by atoms with van der Waals surface area (Å²) in [5.74, 6) is -0.358. The van der Waals surface area contributed by atoms with Gasteiger partial charge in [0.1, 0.15) is 5.82 Å². The van der Waals surface area contributed by atoms with Crippen molar-refractivity contribution in [1.29, 1.82) is 5.41 Å². The molecule has 1 aromatic carbocycles. The van der Waals surface area contributed by atoms with E-state index in [0.29, 0.717) is 11.1 Å². The number of fused-ring (bicyclic) bond motifs is 1. The van der Waals surface area contributed by atoms with E-state index in [2.05, 4.69) is 4.99 Å². The molecule has 2 nitrogen and oxygen atoms in total. The van der Waals surface area contributed by atoms with Gasteiger partial charge in [-0.15, -0.1) is 0 Å². The molecule has 0 saturated heterocycles. The maximum absolute atomic E-state index is 12.9. The van der Waals surface area contributed by atoms with Gasteiger partial charge in [0.15, 0.2) is 5.84 Å². The highest BCUT2D eigenvalue weighted by Gasteiger charge is 2.15. The minimum absolute atomic E-state index is 0.0121. The van der Waals surface area contributed by atoms with Crippen LogP contribution in [0.15, 0.2) is 23.2 Å². The van der Waals surface area contributed by atoms with Crippen molar-refractivity contribution in [1.82, 2.24) is 0 Å². The van der Waals surface area contributed by atoms with Gasteiger partial charge in [0, 0.05) is 11.8 Å². The Bertz CT molecular complexity index is 355. The molecule has 1 aliphatic rings. The number of hydrogen-bond acceptors (Lipinski definition) is 1. The number of benzene rings is 1. The normalized spacial score (nSPS) is 13.7. The molecule has 0 unspecified atom stereocenters. The van der Waals surface area contributed by atoms with E-state index < -0.39 is 0 Å². The van der Waals surface area contributed by atoms with E-state index in [9.17, 15) is 4.39 Å². The number of hydrogen-bond donors (Lipinski definition) is 1. The molecule has 1 aliphatic heterocycles. The summed E-state index contributed by atoms with van der Waals surface area (Å²) in [4.78, 5) is 3.68. The van der Waals surface area contributed by atoms with E-state index in [1.807, 2.05) is 0 Å². The van der Waals surface area contributed by atoms with Crippen LogP contribution in [0.4, 0.5) is 4.39 Å². The van der Waals surface area contributed by atoms with Crippen molar-refractivity contribution in [2.75, 3.05) is 0 Å². The summed E-state index contributed by atoms with van der Waals surface area (Å²) in [5, 5.41) is 7.23. The Labute approximate surface area is 62.9 Å². The van der Waals surface area contributed by atoms with Gasteiger partial charge in [0.2, 0.25) is 0 Å². The number of aliphatic imine (C=N–C) groups is 1. The molecule has 0 spiro atoms. The van der Waals surface area contributed by atoms with E-state index in [-0.39, 0.29) is 11.7 Å². The molecule has 0 saturated carbocycles. The van der Waals surface area contributed by atoms with Crippen LogP contribution in [0.1, 0.15) is 11.1 Å². The molecule has 0 radical (unpaired) electrons. The van der Waals surface area contributed by atoms with Crippen LogP contribution in [-0.4, -0.2) is 12.1 Å². The van der Waals surface area contributed by atoms with Crippen LogP contribution in [0.5, 0.6) is 0 Å². The van der Waals surface area contributed by atoms with Gasteiger partial charge >= 0.3 is 0 Å². The lowest BCUT2D eigenvalue weighted by Gasteiger charge is -1.96. The molecule has 1 aromatic rings. The molecule has 2 rings (SSSR count). The summed E-state index contributed by atoms with van der Waals surface area (Å²) in [5.41, 5.74) is 1.00. The molecular weight excluding hydrogens is 143 g/mol. The van der Waals surface area contributed by atoms with Gasteiger partial charge in [0.05, 0.1) is 5.56 Å². The van der Waals surface area contributed by atoms with Crippen LogP contribution in [0.25, 0.3) is 0 Å². The molecule has 54 valence electrons. The zero-order valence-electron chi connectivity index (χ0n) is 5.63. The molecule has 0 aliphatic carbocycles. The summed E-state index contributed by atoms with van der Waals surface area (Å²) >= 11 is 0. The molecule has 0 aromatic heterocycles. The summed E-state index contributed by atoms with van der Waals surface area (Å²) < 4.78 is 12.9. The lowest BCUT2D eigenvalue weighted by molar-refractivity contribution is 0.625. The average Bonchev–Trinajstić information content (AvgIpc) is 2.34. The van der Waals surface area contributed by atoms with Crippen molar-refractivity contribution >= 4 is 12.1 Å². The lowest BCUT2D eigenvalue weighted by Crippen LogP contribution is -1.95. The molecule has 0 fully saturated rings. The monoisotopic (exact) mass is 148 g/mol. The Morgan fingerprint density at radius 1 is 1.36 bits per heavy atom. The maximum Gasteiger partial charge on any atom is 0.155 e. The van der Waals surface area contributed by atoms with E-state index in [1.54, 1.807) is 12.1 Å². The highest BCUT2D eigenvalue weighted by Crippen LogP contribution is 2.17. The van der Waals surface area contributed by atoms with Crippen LogP contribution in [0.3, 0.4) is 0 Å². The van der Waals surface area contributed by atoms with Crippen LogP contribution in [0.2, 0.25) is 0 Å². The molecular formula is C8H5FN2. The fourth-order valence-corrected chi connectivity index (χ4v) is 1.10. The van der Waals surface area contributed by atoms with Crippen molar-refractivity contribution in [3.05, 3.63) is 35.1 Å². The Hall–Kier alpha value is -1.51. The predicted octanol–water partition coefficient (Wildman–Crippen LogP) is 1.58. The third kappa shape index (κ3) is 0.774. The minimum atomic E-state index is -0.370. The number of rotatable bonds is 0. The Morgan fingerprint density at radius 3 is 2.91 bits per heavy atom. The number of halogens is 1. The van der Waals surface area contributed by atoms with Crippen molar-refractivity contribution in [3.63, 3.8) is 0 Å². The Kier molecular flexibility index (Phi) is 1.12. The molecule has 1 N–H and O–H groups in total. The van der Waals surface area contributed by atoms with Gasteiger partial charge in [-0.05, 0) is 6.07 Å². The highest BCUT2D eigenvalue weighted by atomic mass is 19.1. The summed E-state index contributed by atoms with van der Waals surface area (Å²) in [6.45, 7) is 0. The summed E-state index contributed by atoms with van der Waals surface area (Å²) in [6, 6.07) is 4.68. The van der Waals surface area contributed by atoms with Gasteiger partial charge < -0.3 is 0 Å². The summed E-state index contributed by atoms with van der Waals surface area (Å²) in [7, 11) is 0. The third-order valence-electron chi connectivity index (χ3n) is 1.62. The van der Waals surface area contributed by atoms with E-state index >= 15 is 0 Å². The number of amidine groups is 1. The van der Waals surface area contributed by atoms with Crippen LogP contribution in [-0.2, 0) is 0 Å². The highest BCUT2D eigenvalue weighted by molar-refractivity contribution is 6.14. The molecule has 0 amide bonds. The number of nitrogens with zero attached hydrogens (tertiary/aromatic N) is 1. The zero-order valence-corrected chi connectivity index (χ0v) is 5.63. The molecule has 11 heavy (non-hydrogen) atoms. The average molecular weight is 148 g/mol. The quantitative estimate of drug-likeness (QED) is 0.580. The van der Waals surface area contributed by atoms with Crippen LogP contribution >= 0.6 is 0 Å². The minimum Gasteiger partial charge on any atom is -0.282 e. The van der Waals surface area contributed by atoms with Crippen molar-refractivity contribution < 1.29 is 4.39 Å². The second-order valence-corrected chi connectivity index (χ2v) is 2.31. The largest absolute Gasteiger partial charge is 0.282 e. The predicted molar refractivity (Wildman–Crippen MR) is 40.8 cm³/mol. The van der Waals surface area contributed by atoms with Gasteiger partial charge in [-0.3, -0.25) is 5.41 Å². The van der Waals surface area contributed by atoms with E-state index in [1.165, 1.54) is 12.3 Å². The second-order valence-electron chi connectivity index (χ2n) is 2.31. The van der Waals surface area contributed by atoms with Crippen LogP contribution in [0, 0.1) is 11.2 Å². The second kappa shape index (κ2) is 1.99. The van der Waals surface area contributed by atoms with Crippen molar-refractivity contribution in [2.24, 2.45) is 4.99 Å². The smallest absolute Gasteiger partial charge is 0.155 e. The van der Waals surface area contributed by atoms with E-state index in [0.717, 1.165) is 0 Å². The van der Waals surface area contributed by atoms with Gasteiger partial charge in [0.25, 0.3) is 0 Å². The van der Waals surface area contributed by atoms with Gasteiger partial charge in [-0.1, -0.05) is 12.1 Å². The Balaban J connectivity index is 2.74. The van der Waals surface area contributed by atoms with Crippen LogP contribution < -0.4 is 0 Å². The van der Waals surface area contributed by atoms with Gasteiger partial charge in [-0.25, -0.2) is 9.38 Å². The standard InChI is InChI=1S/C8H5FN2/c9-6-3-1-2-5-4-11-8(10)7(5)6/h1-4,10H. The fourth-order valence-electron chi connectivity index (χ4n) is 1.10. The van der Waals surface area contributed by atoms with Crippen molar-refractivity contribution in [3.8, 4) is 0 Å².